The molecule has 188 valence electrons. The van der Waals surface area contributed by atoms with Gasteiger partial charge in [0.05, 0.1) is 12.6 Å². The molecule has 3 rings (SSSR count). The van der Waals surface area contributed by atoms with Gasteiger partial charge in [-0.1, -0.05) is 26.0 Å². The number of nitrogens with two attached hydrogens (primary N) is 2. The maximum atomic E-state index is 12.4. The Bertz CT molecular complexity index is 825. The number of benzene rings is 1. The van der Waals surface area contributed by atoms with Crippen molar-refractivity contribution in [1.82, 2.24) is 9.80 Å². The van der Waals surface area contributed by atoms with E-state index in [0.717, 1.165) is 76.0 Å². The Hall–Kier alpha value is -2.61. The molecule has 8 nitrogen and oxygen atoms in total. The molecule has 1 aromatic rings. The third kappa shape index (κ3) is 7.72. The van der Waals surface area contributed by atoms with Crippen LogP contribution in [0.5, 0.6) is 5.75 Å². The van der Waals surface area contributed by atoms with Crippen LogP contribution in [0.4, 0.5) is 4.79 Å². The summed E-state index contributed by atoms with van der Waals surface area (Å²) in [5, 5.41) is 0. The van der Waals surface area contributed by atoms with Gasteiger partial charge in [0.2, 0.25) is 5.91 Å². The number of urea groups is 1. The number of amidine groups is 1. The Labute approximate surface area is 203 Å². The molecular weight excluding hydrogens is 430 g/mol. The van der Waals surface area contributed by atoms with Gasteiger partial charge >= 0.3 is 6.03 Å². The van der Waals surface area contributed by atoms with Crippen LogP contribution in [-0.4, -0.2) is 66.4 Å². The summed E-state index contributed by atoms with van der Waals surface area (Å²) in [6.07, 6.45) is 6.76. The van der Waals surface area contributed by atoms with Gasteiger partial charge in [0, 0.05) is 32.1 Å². The SMILES string of the molecule is CC(C)/C(N)=N/C(=O)N1CCC(CCCOc2ccc(CC(N)C(=O)N3CCCC3)cc2)CC1. The molecule has 2 saturated heterocycles. The standard InChI is InChI=1S/C26H41N5O3/c1-19(2)24(28)29-26(33)31-15-11-20(12-16-31)6-5-17-34-22-9-7-21(8-10-22)18-23(27)25(32)30-13-3-4-14-30/h7-10,19-20,23H,3-6,11-18,27H2,1-2H3,(H2,28,29,33). The van der Waals surface area contributed by atoms with E-state index in [1.54, 1.807) is 4.90 Å². The van der Waals surface area contributed by atoms with Crippen molar-refractivity contribution in [3.8, 4) is 5.75 Å². The molecule has 2 aliphatic heterocycles. The van der Waals surface area contributed by atoms with Crippen LogP contribution in [0.1, 0.15) is 57.9 Å². The minimum absolute atomic E-state index is 0.0560. The third-order valence-corrected chi connectivity index (χ3v) is 6.84. The van der Waals surface area contributed by atoms with E-state index < -0.39 is 6.04 Å². The quantitative estimate of drug-likeness (QED) is 0.326. The van der Waals surface area contributed by atoms with Crippen LogP contribution < -0.4 is 16.2 Å². The average Bonchev–Trinajstić information content (AvgIpc) is 3.37. The zero-order chi connectivity index (χ0) is 24.5. The van der Waals surface area contributed by atoms with Crippen molar-refractivity contribution >= 4 is 17.8 Å². The number of hydrogen-bond acceptors (Lipinski definition) is 4. The fourth-order valence-corrected chi connectivity index (χ4v) is 4.52. The van der Waals surface area contributed by atoms with Gasteiger partial charge in [-0.15, -0.1) is 0 Å². The number of piperidine rings is 1. The summed E-state index contributed by atoms with van der Waals surface area (Å²) in [5.41, 5.74) is 13.0. The van der Waals surface area contributed by atoms with E-state index >= 15 is 0 Å². The van der Waals surface area contributed by atoms with Crippen LogP contribution in [0, 0.1) is 11.8 Å². The van der Waals surface area contributed by atoms with Crippen LogP contribution >= 0.6 is 0 Å². The fourth-order valence-electron chi connectivity index (χ4n) is 4.52. The molecular formula is C26H41N5O3. The number of aliphatic imine (C=N–C) groups is 1. The molecule has 1 aromatic carbocycles. The first kappa shape index (κ1) is 26.0. The molecule has 0 spiro atoms. The number of nitrogens with zero attached hydrogens (tertiary/aromatic N) is 3. The molecule has 2 aliphatic rings. The van der Waals surface area contributed by atoms with Gasteiger partial charge in [0.25, 0.3) is 0 Å². The highest BCUT2D eigenvalue weighted by atomic mass is 16.5. The van der Waals surface area contributed by atoms with E-state index in [4.69, 9.17) is 16.2 Å². The first-order valence-corrected chi connectivity index (χ1v) is 12.7. The summed E-state index contributed by atoms with van der Waals surface area (Å²) < 4.78 is 5.91. The highest BCUT2D eigenvalue weighted by molar-refractivity contribution is 5.93. The monoisotopic (exact) mass is 471 g/mol. The van der Waals surface area contributed by atoms with Gasteiger partial charge in [0.1, 0.15) is 11.6 Å². The lowest BCUT2D eigenvalue weighted by Gasteiger charge is -2.30. The van der Waals surface area contributed by atoms with Crippen molar-refractivity contribution < 1.29 is 14.3 Å². The summed E-state index contributed by atoms with van der Waals surface area (Å²) in [6.45, 7) is 7.68. The molecule has 2 heterocycles. The van der Waals surface area contributed by atoms with Gasteiger partial charge in [-0.25, -0.2) is 4.79 Å². The molecule has 0 radical (unpaired) electrons. The zero-order valence-corrected chi connectivity index (χ0v) is 20.7. The second-order valence-corrected chi connectivity index (χ2v) is 9.88. The van der Waals surface area contributed by atoms with Gasteiger partial charge in [-0.05, 0) is 68.6 Å². The maximum Gasteiger partial charge on any atom is 0.345 e. The minimum atomic E-state index is -0.481. The Morgan fingerprint density at radius 2 is 1.71 bits per heavy atom. The molecule has 1 atom stereocenters. The van der Waals surface area contributed by atoms with Gasteiger partial charge in [-0.3, -0.25) is 4.79 Å². The first-order chi connectivity index (χ1) is 16.3. The van der Waals surface area contributed by atoms with Crippen LogP contribution in [0.3, 0.4) is 0 Å². The topological polar surface area (TPSA) is 114 Å². The number of ether oxygens (including phenoxy) is 1. The van der Waals surface area contributed by atoms with E-state index in [2.05, 4.69) is 4.99 Å². The molecule has 8 heteroatoms. The second-order valence-electron chi connectivity index (χ2n) is 9.88. The summed E-state index contributed by atoms with van der Waals surface area (Å²) in [7, 11) is 0. The highest BCUT2D eigenvalue weighted by Gasteiger charge is 2.24. The molecule has 4 N–H and O–H groups in total. The van der Waals surface area contributed by atoms with E-state index in [0.29, 0.717) is 24.8 Å². The van der Waals surface area contributed by atoms with Crippen LogP contribution in [0.15, 0.2) is 29.3 Å². The molecule has 1 unspecified atom stereocenters. The zero-order valence-electron chi connectivity index (χ0n) is 20.7. The Morgan fingerprint density at radius 3 is 2.32 bits per heavy atom. The van der Waals surface area contributed by atoms with Crippen molar-refractivity contribution in [3.05, 3.63) is 29.8 Å². The van der Waals surface area contributed by atoms with Crippen LogP contribution in [0.25, 0.3) is 0 Å². The molecule has 2 fully saturated rings. The van der Waals surface area contributed by atoms with Crippen molar-refractivity contribution in [2.45, 2.75) is 64.8 Å². The second kappa shape index (κ2) is 12.7. The molecule has 34 heavy (non-hydrogen) atoms. The smallest absolute Gasteiger partial charge is 0.345 e. The fraction of sp³-hybridized carbons (Fsp3) is 0.654. The van der Waals surface area contributed by atoms with E-state index in [1.807, 2.05) is 43.0 Å². The minimum Gasteiger partial charge on any atom is -0.494 e. The normalized spacial score (nSPS) is 18.4. The highest BCUT2D eigenvalue weighted by Crippen LogP contribution is 2.23. The third-order valence-electron chi connectivity index (χ3n) is 6.84. The van der Waals surface area contributed by atoms with Crippen molar-refractivity contribution in [1.29, 1.82) is 0 Å². The molecule has 0 aliphatic carbocycles. The summed E-state index contributed by atoms with van der Waals surface area (Å²) in [6, 6.07) is 7.20. The lowest BCUT2D eigenvalue weighted by atomic mass is 9.92. The van der Waals surface area contributed by atoms with Crippen molar-refractivity contribution in [3.63, 3.8) is 0 Å². The van der Waals surface area contributed by atoms with Crippen LogP contribution in [0.2, 0.25) is 0 Å². The largest absolute Gasteiger partial charge is 0.494 e. The number of amides is 3. The number of carbonyl (C=O) groups is 2. The van der Waals surface area contributed by atoms with Crippen LogP contribution in [-0.2, 0) is 11.2 Å². The molecule has 3 amide bonds. The van der Waals surface area contributed by atoms with E-state index in [9.17, 15) is 9.59 Å². The predicted molar refractivity (Wildman–Crippen MR) is 135 cm³/mol. The Kier molecular flexibility index (Phi) is 9.74. The Balaban J connectivity index is 1.31. The molecule has 0 aromatic heterocycles. The molecule has 0 saturated carbocycles. The van der Waals surface area contributed by atoms with Crippen molar-refractivity contribution in [2.24, 2.45) is 28.3 Å². The summed E-state index contributed by atoms with van der Waals surface area (Å²) in [4.78, 5) is 32.3. The average molecular weight is 472 g/mol. The lowest BCUT2D eigenvalue weighted by molar-refractivity contribution is -0.131. The Morgan fingerprint density at radius 1 is 1.06 bits per heavy atom. The number of likely N-dealkylation sites (tertiary alicyclic amines) is 2. The summed E-state index contributed by atoms with van der Waals surface area (Å²) in [5.74, 6) is 1.98. The molecule has 0 bridgehead atoms. The van der Waals surface area contributed by atoms with Gasteiger partial charge < -0.3 is 26.0 Å². The number of carbonyl (C=O) groups excluding carboxylic acids is 2. The number of rotatable bonds is 9. The van der Waals surface area contributed by atoms with Gasteiger partial charge in [0.15, 0.2) is 0 Å². The number of hydrogen-bond donors (Lipinski definition) is 2. The predicted octanol–water partition coefficient (Wildman–Crippen LogP) is 3.18. The van der Waals surface area contributed by atoms with Gasteiger partial charge in [-0.2, -0.15) is 4.99 Å². The maximum absolute atomic E-state index is 12.4. The van der Waals surface area contributed by atoms with Crippen molar-refractivity contribution in [2.75, 3.05) is 32.8 Å². The van der Waals surface area contributed by atoms with E-state index in [1.165, 1.54) is 0 Å². The first-order valence-electron chi connectivity index (χ1n) is 12.7. The van der Waals surface area contributed by atoms with E-state index in [-0.39, 0.29) is 17.9 Å². The summed E-state index contributed by atoms with van der Waals surface area (Å²) >= 11 is 0. The lowest BCUT2D eigenvalue weighted by Crippen LogP contribution is -2.43.